The van der Waals surface area contributed by atoms with Crippen molar-refractivity contribution in [3.05, 3.63) is 40.3 Å². The molecule has 0 radical (unpaired) electrons. The number of piperazine rings is 1. The highest BCUT2D eigenvalue weighted by Crippen LogP contribution is 2.30. The zero-order valence-electron chi connectivity index (χ0n) is 20.3. The van der Waals surface area contributed by atoms with E-state index in [1.54, 1.807) is 4.31 Å². The van der Waals surface area contributed by atoms with Crippen LogP contribution >= 0.6 is 11.3 Å². The van der Waals surface area contributed by atoms with Crippen LogP contribution in [0.5, 0.6) is 0 Å². The molecule has 198 valence electrons. The predicted molar refractivity (Wildman–Crippen MR) is 137 cm³/mol. The maximum Gasteiger partial charge on any atom is 0.214 e. The fourth-order valence-corrected chi connectivity index (χ4v) is 6.94. The van der Waals surface area contributed by atoms with E-state index in [0.717, 1.165) is 56.2 Å². The van der Waals surface area contributed by atoms with Crippen molar-refractivity contribution in [2.75, 3.05) is 69.7 Å². The zero-order valence-corrected chi connectivity index (χ0v) is 21.9. The van der Waals surface area contributed by atoms with Crippen molar-refractivity contribution in [1.29, 1.82) is 0 Å². The van der Waals surface area contributed by atoms with E-state index in [4.69, 9.17) is 5.73 Å². The van der Waals surface area contributed by atoms with Crippen LogP contribution in [0.2, 0.25) is 0 Å². The molecule has 1 aromatic carbocycles. The van der Waals surface area contributed by atoms with Crippen molar-refractivity contribution in [3.8, 4) is 0 Å². The summed E-state index contributed by atoms with van der Waals surface area (Å²) in [5.41, 5.74) is 5.21. The molecule has 2 aliphatic heterocycles. The van der Waals surface area contributed by atoms with Gasteiger partial charge < -0.3 is 20.9 Å². The molecule has 4 rings (SSSR count). The number of hydrogen-bond donors (Lipinski definition) is 2. The molecule has 2 saturated heterocycles. The number of rotatable bonds is 9. The Morgan fingerprint density at radius 3 is 2.42 bits per heavy atom. The quantitative estimate of drug-likeness (QED) is 0.464. The summed E-state index contributed by atoms with van der Waals surface area (Å²) >= 11 is 0.935. The van der Waals surface area contributed by atoms with E-state index in [2.05, 4.69) is 27.1 Å². The molecular formula is C23H32F2N6O3S2. The van der Waals surface area contributed by atoms with Crippen molar-refractivity contribution in [2.24, 2.45) is 0 Å². The third-order valence-corrected chi connectivity index (χ3v) is 9.65. The van der Waals surface area contributed by atoms with Crippen LogP contribution in [0.15, 0.2) is 18.2 Å². The number of nitrogens with one attached hydrogen (secondary N) is 1. The number of piperidine rings is 1. The molecule has 3 N–H and O–H groups in total. The Morgan fingerprint density at radius 1 is 1.14 bits per heavy atom. The van der Waals surface area contributed by atoms with Gasteiger partial charge in [0.05, 0.1) is 11.3 Å². The van der Waals surface area contributed by atoms with Crippen molar-refractivity contribution < 1.29 is 22.0 Å². The van der Waals surface area contributed by atoms with E-state index in [-0.39, 0.29) is 22.5 Å². The standard InChI is InChI=1S/C23H32F2N6O3S2/c1-29-11-13-30(14-12-29)8-3-15-36(33,34)31-9-6-16(7-10-31)27-23-28-22(26)21(35-23)20(32)19-17(24)4-2-5-18(19)25/h2,4-5,16H,3,6-15,26H2,1H3,(H,27,28). The van der Waals surface area contributed by atoms with Gasteiger partial charge in [-0.05, 0) is 45.0 Å². The van der Waals surface area contributed by atoms with Gasteiger partial charge in [0.1, 0.15) is 22.3 Å². The number of carbonyl (C=O) groups excluding carboxylic acids is 1. The molecular weight excluding hydrogens is 510 g/mol. The Balaban J connectivity index is 1.27. The Hall–Kier alpha value is -2.19. The van der Waals surface area contributed by atoms with E-state index in [1.807, 2.05) is 0 Å². The fraction of sp³-hybridized carbons (Fsp3) is 0.565. The lowest BCUT2D eigenvalue weighted by Gasteiger charge is -2.33. The number of ketones is 1. The summed E-state index contributed by atoms with van der Waals surface area (Å²) in [5, 5.41) is 3.56. The second-order valence-corrected chi connectivity index (χ2v) is 12.4. The minimum absolute atomic E-state index is 0.0399. The molecule has 13 heteroatoms. The molecule has 2 aliphatic rings. The Bertz CT molecular complexity index is 1160. The summed E-state index contributed by atoms with van der Waals surface area (Å²) in [7, 11) is -1.23. The largest absolute Gasteiger partial charge is 0.382 e. The number of anilines is 2. The monoisotopic (exact) mass is 542 g/mol. The molecule has 2 fully saturated rings. The Morgan fingerprint density at radius 2 is 1.78 bits per heavy atom. The van der Waals surface area contributed by atoms with E-state index < -0.39 is 33.0 Å². The minimum Gasteiger partial charge on any atom is -0.382 e. The number of thiazole rings is 1. The number of nitrogens with two attached hydrogens (primary N) is 1. The van der Waals surface area contributed by atoms with Gasteiger partial charge >= 0.3 is 0 Å². The number of hydrogen-bond acceptors (Lipinski definition) is 9. The highest BCUT2D eigenvalue weighted by Gasteiger charge is 2.29. The number of halogens is 2. The molecule has 0 amide bonds. The molecule has 0 saturated carbocycles. The van der Waals surface area contributed by atoms with Crippen LogP contribution in [0.3, 0.4) is 0 Å². The maximum absolute atomic E-state index is 14.0. The Kier molecular flexibility index (Phi) is 8.56. The maximum atomic E-state index is 14.0. The van der Waals surface area contributed by atoms with Gasteiger partial charge in [-0.15, -0.1) is 0 Å². The van der Waals surface area contributed by atoms with Gasteiger partial charge in [-0.2, -0.15) is 0 Å². The highest BCUT2D eigenvalue weighted by molar-refractivity contribution is 7.89. The summed E-state index contributed by atoms with van der Waals surface area (Å²) in [6.07, 6.45) is 1.76. The minimum atomic E-state index is -3.32. The first-order chi connectivity index (χ1) is 17.1. The van der Waals surface area contributed by atoms with Crippen molar-refractivity contribution in [2.45, 2.75) is 25.3 Å². The van der Waals surface area contributed by atoms with Crippen LogP contribution < -0.4 is 11.1 Å². The van der Waals surface area contributed by atoms with Gasteiger partial charge in [-0.3, -0.25) is 4.79 Å². The smallest absolute Gasteiger partial charge is 0.214 e. The third-order valence-electron chi connectivity index (χ3n) is 6.70. The molecule has 0 aliphatic carbocycles. The van der Waals surface area contributed by atoms with Gasteiger partial charge in [0, 0.05) is 45.3 Å². The molecule has 0 unspecified atom stereocenters. The van der Waals surface area contributed by atoms with E-state index in [0.29, 0.717) is 37.5 Å². The molecule has 3 heterocycles. The third kappa shape index (κ3) is 6.38. The van der Waals surface area contributed by atoms with Crippen molar-refractivity contribution in [1.82, 2.24) is 19.1 Å². The van der Waals surface area contributed by atoms with Crippen LogP contribution in [-0.2, 0) is 10.0 Å². The summed E-state index contributed by atoms with van der Waals surface area (Å²) in [6.45, 7) is 5.52. The number of likely N-dealkylation sites (N-methyl/N-ethyl adjacent to an activating group) is 1. The molecule has 0 bridgehead atoms. The summed E-state index contributed by atoms with van der Waals surface area (Å²) in [4.78, 5) is 21.4. The van der Waals surface area contributed by atoms with Crippen LogP contribution in [0.25, 0.3) is 0 Å². The van der Waals surface area contributed by atoms with E-state index >= 15 is 0 Å². The number of carbonyl (C=O) groups is 1. The first-order valence-electron chi connectivity index (χ1n) is 12.0. The Labute approximate surface area is 214 Å². The second kappa shape index (κ2) is 11.5. The molecule has 0 spiro atoms. The van der Waals surface area contributed by atoms with Crippen LogP contribution in [0, 0.1) is 11.6 Å². The number of benzene rings is 1. The first-order valence-corrected chi connectivity index (χ1v) is 14.5. The zero-order chi connectivity index (χ0) is 25.9. The van der Waals surface area contributed by atoms with Crippen LogP contribution in [0.1, 0.15) is 34.5 Å². The normalized spacial score (nSPS) is 19.0. The summed E-state index contributed by atoms with van der Waals surface area (Å²) in [6, 6.07) is 3.16. The van der Waals surface area contributed by atoms with Gasteiger partial charge in [0.25, 0.3) is 0 Å². The molecule has 0 atom stereocenters. The van der Waals surface area contributed by atoms with Gasteiger partial charge in [0.2, 0.25) is 15.8 Å². The fourth-order valence-electron chi connectivity index (χ4n) is 4.51. The SMILES string of the molecule is CN1CCN(CCCS(=O)(=O)N2CCC(Nc3nc(N)c(C(=O)c4c(F)cccc4F)s3)CC2)CC1. The molecule has 36 heavy (non-hydrogen) atoms. The summed E-state index contributed by atoms with van der Waals surface area (Å²) in [5.74, 6) is -2.74. The van der Waals surface area contributed by atoms with E-state index in [1.165, 1.54) is 6.07 Å². The van der Waals surface area contributed by atoms with Gasteiger partial charge in [-0.25, -0.2) is 26.5 Å². The molecule has 2 aromatic rings. The van der Waals surface area contributed by atoms with Gasteiger partial charge in [-0.1, -0.05) is 17.4 Å². The number of aromatic nitrogens is 1. The first kappa shape index (κ1) is 26.9. The molecule has 1 aromatic heterocycles. The lowest BCUT2D eigenvalue weighted by Crippen LogP contribution is -2.46. The number of sulfonamides is 1. The predicted octanol–water partition coefficient (Wildman–Crippen LogP) is 2.08. The van der Waals surface area contributed by atoms with Crippen molar-refractivity contribution in [3.63, 3.8) is 0 Å². The number of nitrogen functional groups attached to an aromatic ring is 1. The van der Waals surface area contributed by atoms with Crippen LogP contribution in [0.4, 0.5) is 19.7 Å². The summed E-state index contributed by atoms with van der Waals surface area (Å²) < 4.78 is 55.2. The van der Waals surface area contributed by atoms with Gasteiger partial charge in [0.15, 0.2) is 5.13 Å². The second-order valence-electron chi connectivity index (χ2n) is 9.29. The average molecular weight is 543 g/mol. The number of nitrogens with zero attached hydrogens (tertiary/aromatic N) is 4. The van der Waals surface area contributed by atoms with Crippen molar-refractivity contribution >= 4 is 38.1 Å². The lowest BCUT2D eigenvalue weighted by atomic mass is 10.1. The highest BCUT2D eigenvalue weighted by atomic mass is 32.2. The van der Waals surface area contributed by atoms with Crippen LogP contribution in [-0.4, -0.2) is 97.9 Å². The topological polar surface area (TPSA) is 112 Å². The molecule has 9 nitrogen and oxygen atoms in total. The van der Waals surface area contributed by atoms with E-state index in [9.17, 15) is 22.0 Å². The lowest BCUT2D eigenvalue weighted by molar-refractivity contribution is 0.103. The average Bonchev–Trinajstić information content (AvgIpc) is 3.20.